The first-order valence-electron chi connectivity index (χ1n) is 7.00. The quantitative estimate of drug-likeness (QED) is 0.701. The van der Waals surface area contributed by atoms with Crippen LogP contribution in [0.25, 0.3) is 0 Å². The number of amides is 1. The molecule has 0 saturated carbocycles. The Morgan fingerprint density at radius 2 is 2.05 bits per heavy atom. The number of halogens is 1. The minimum atomic E-state index is -0.452. The van der Waals surface area contributed by atoms with Crippen LogP contribution in [-0.2, 0) is 17.7 Å². The van der Waals surface area contributed by atoms with Crippen molar-refractivity contribution in [1.82, 2.24) is 4.90 Å². The number of rotatable bonds is 0. The number of nitrogens with zero attached hydrogens (tertiary/aromatic N) is 1. The van der Waals surface area contributed by atoms with E-state index in [0.29, 0.717) is 12.5 Å². The minimum absolute atomic E-state index is 0.225. The highest BCUT2D eigenvalue weighted by molar-refractivity contribution is 9.10. The summed E-state index contributed by atoms with van der Waals surface area (Å²) in [5.74, 6) is 0.435. The number of carbonyl (C=O) groups is 1. The molecule has 1 aliphatic rings. The van der Waals surface area contributed by atoms with Gasteiger partial charge in [-0.1, -0.05) is 28.9 Å². The fraction of sp³-hybridized carbons (Fsp3) is 0.562. The van der Waals surface area contributed by atoms with Gasteiger partial charge in [0.15, 0.2) is 0 Å². The zero-order chi connectivity index (χ0) is 14.9. The SMILES string of the molecule is CC1Cc2ccc(Br)cc2CN(C(=O)OC(C)(C)C)C1. The molecule has 1 aliphatic heterocycles. The Morgan fingerprint density at radius 1 is 1.35 bits per heavy atom. The molecule has 0 spiro atoms. The first kappa shape index (κ1) is 15.4. The topological polar surface area (TPSA) is 29.5 Å². The monoisotopic (exact) mass is 339 g/mol. The van der Waals surface area contributed by atoms with Gasteiger partial charge in [0.05, 0.1) is 0 Å². The highest BCUT2D eigenvalue weighted by Crippen LogP contribution is 2.26. The van der Waals surface area contributed by atoms with Crippen LogP contribution in [0, 0.1) is 5.92 Å². The van der Waals surface area contributed by atoms with Crippen molar-refractivity contribution < 1.29 is 9.53 Å². The Morgan fingerprint density at radius 3 is 2.70 bits per heavy atom. The molecule has 1 atom stereocenters. The summed E-state index contributed by atoms with van der Waals surface area (Å²) in [4.78, 5) is 14.1. The van der Waals surface area contributed by atoms with E-state index in [1.807, 2.05) is 25.7 Å². The van der Waals surface area contributed by atoms with E-state index >= 15 is 0 Å². The lowest BCUT2D eigenvalue weighted by Crippen LogP contribution is -2.38. The number of hydrogen-bond acceptors (Lipinski definition) is 2. The zero-order valence-corrected chi connectivity index (χ0v) is 14.2. The first-order chi connectivity index (χ1) is 9.24. The molecule has 1 amide bonds. The molecule has 0 N–H and O–H groups in total. The van der Waals surface area contributed by atoms with Gasteiger partial charge in [-0.25, -0.2) is 4.79 Å². The highest BCUT2D eigenvalue weighted by Gasteiger charge is 2.26. The fourth-order valence-corrected chi connectivity index (χ4v) is 2.90. The van der Waals surface area contributed by atoms with Crippen LogP contribution in [0.2, 0.25) is 0 Å². The van der Waals surface area contributed by atoms with Gasteiger partial charge in [-0.2, -0.15) is 0 Å². The van der Waals surface area contributed by atoms with E-state index in [1.165, 1.54) is 11.1 Å². The molecule has 0 radical (unpaired) electrons. The molecule has 0 saturated heterocycles. The molecule has 1 unspecified atom stereocenters. The summed E-state index contributed by atoms with van der Waals surface area (Å²) in [6.45, 7) is 9.23. The molecule has 1 aromatic rings. The van der Waals surface area contributed by atoms with E-state index < -0.39 is 5.60 Å². The van der Waals surface area contributed by atoms with Gasteiger partial charge in [0, 0.05) is 17.6 Å². The van der Waals surface area contributed by atoms with Crippen molar-refractivity contribution in [2.75, 3.05) is 6.54 Å². The summed E-state index contributed by atoms with van der Waals surface area (Å²) < 4.78 is 6.55. The van der Waals surface area contributed by atoms with Gasteiger partial charge in [-0.3, -0.25) is 0 Å². The molecule has 0 fully saturated rings. The van der Waals surface area contributed by atoms with Gasteiger partial charge in [0.25, 0.3) is 0 Å². The molecule has 110 valence electrons. The van der Waals surface area contributed by atoms with E-state index in [1.54, 1.807) is 0 Å². The predicted molar refractivity (Wildman–Crippen MR) is 83.7 cm³/mol. The van der Waals surface area contributed by atoms with E-state index in [9.17, 15) is 4.79 Å². The summed E-state index contributed by atoms with van der Waals surface area (Å²) in [5.41, 5.74) is 2.08. The number of ether oxygens (including phenoxy) is 1. The average molecular weight is 340 g/mol. The highest BCUT2D eigenvalue weighted by atomic mass is 79.9. The van der Waals surface area contributed by atoms with Gasteiger partial charge in [0.1, 0.15) is 5.60 Å². The molecular weight excluding hydrogens is 318 g/mol. The summed E-state index contributed by atoms with van der Waals surface area (Å²) >= 11 is 3.50. The molecule has 0 bridgehead atoms. The predicted octanol–water partition coefficient (Wildman–Crippen LogP) is 4.38. The molecule has 3 nitrogen and oxygen atoms in total. The second-order valence-corrected chi connectivity index (χ2v) is 7.50. The number of hydrogen-bond donors (Lipinski definition) is 0. The lowest BCUT2D eigenvalue weighted by atomic mass is 9.99. The van der Waals surface area contributed by atoms with Crippen molar-refractivity contribution in [3.63, 3.8) is 0 Å². The third-order valence-electron chi connectivity index (χ3n) is 3.28. The number of fused-ring (bicyclic) bond motifs is 1. The molecule has 0 aromatic heterocycles. The first-order valence-corrected chi connectivity index (χ1v) is 7.79. The molecule has 0 aliphatic carbocycles. The van der Waals surface area contributed by atoms with Gasteiger partial charge in [-0.15, -0.1) is 0 Å². The van der Waals surface area contributed by atoms with Crippen LogP contribution >= 0.6 is 15.9 Å². The summed E-state index contributed by atoms with van der Waals surface area (Å²) in [7, 11) is 0. The van der Waals surface area contributed by atoms with Gasteiger partial charge >= 0.3 is 6.09 Å². The van der Waals surface area contributed by atoms with Gasteiger partial charge in [-0.05, 0) is 56.4 Å². The van der Waals surface area contributed by atoms with E-state index in [0.717, 1.165) is 17.4 Å². The van der Waals surface area contributed by atoms with Crippen LogP contribution < -0.4 is 0 Å². The Bertz CT molecular complexity index is 508. The molecular formula is C16H22BrNO2. The van der Waals surface area contributed by atoms with Crippen molar-refractivity contribution in [3.8, 4) is 0 Å². The average Bonchev–Trinajstić information content (AvgIpc) is 2.45. The smallest absolute Gasteiger partial charge is 0.410 e. The maximum Gasteiger partial charge on any atom is 0.410 e. The van der Waals surface area contributed by atoms with Crippen molar-refractivity contribution in [1.29, 1.82) is 0 Å². The van der Waals surface area contributed by atoms with Gasteiger partial charge in [0.2, 0.25) is 0 Å². The van der Waals surface area contributed by atoms with Crippen molar-refractivity contribution >= 4 is 22.0 Å². The van der Waals surface area contributed by atoms with Crippen LogP contribution in [-0.4, -0.2) is 23.1 Å². The van der Waals surface area contributed by atoms with Crippen molar-refractivity contribution in [2.45, 2.75) is 46.3 Å². The lowest BCUT2D eigenvalue weighted by molar-refractivity contribution is 0.0214. The van der Waals surface area contributed by atoms with Crippen LogP contribution in [0.1, 0.15) is 38.8 Å². The maximum atomic E-state index is 12.3. The Labute approximate surface area is 129 Å². The minimum Gasteiger partial charge on any atom is -0.444 e. The second kappa shape index (κ2) is 5.76. The third kappa shape index (κ3) is 3.98. The number of carbonyl (C=O) groups excluding carboxylic acids is 1. The maximum absolute atomic E-state index is 12.3. The zero-order valence-electron chi connectivity index (χ0n) is 12.6. The summed E-state index contributed by atoms with van der Waals surface area (Å²) in [6.07, 6.45) is 0.777. The third-order valence-corrected chi connectivity index (χ3v) is 3.77. The van der Waals surface area contributed by atoms with Gasteiger partial charge < -0.3 is 9.64 Å². The summed E-state index contributed by atoms with van der Waals surface area (Å²) in [6, 6.07) is 6.31. The van der Waals surface area contributed by atoms with E-state index in [2.05, 4.69) is 41.1 Å². The molecule has 2 rings (SSSR count). The standard InChI is InChI=1S/C16H22BrNO2/c1-11-7-12-5-6-14(17)8-13(12)10-18(9-11)15(19)20-16(2,3)4/h5-6,8,11H,7,9-10H2,1-4H3. The van der Waals surface area contributed by atoms with Crippen LogP contribution in [0.15, 0.2) is 22.7 Å². The largest absolute Gasteiger partial charge is 0.444 e. The molecule has 20 heavy (non-hydrogen) atoms. The van der Waals surface area contributed by atoms with Crippen LogP contribution in [0.4, 0.5) is 4.79 Å². The molecule has 1 aromatic carbocycles. The van der Waals surface area contributed by atoms with Crippen LogP contribution in [0.5, 0.6) is 0 Å². The second-order valence-electron chi connectivity index (χ2n) is 6.58. The van der Waals surface area contributed by atoms with Crippen molar-refractivity contribution in [3.05, 3.63) is 33.8 Å². The summed E-state index contributed by atoms with van der Waals surface area (Å²) in [5, 5.41) is 0. The normalized spacial score (nSPS) is 19.2. The molecule has 1 heterocycles. The fourth-order valence-electron chi connectivity index (χ4n) is 2.49. The Hall–Kier alpha value is -1.03. The van der Waals surface area contributed by atoms with Crippen molar-refractivity contribution in [2.24, 2.45) is 5.92 Å². The molecule has 4 heteroatoms. The Kier molecular flexibility index (Phi) is 4.43. The Balaban J connectivity index is 2.22. The van der Waals surface area contributed by atoms with E-state index in [4.69, 9.17) is 4.74 Å². The number of benzene rings is 1. The lowest BCUT2D eigenvalue weighted by Gasteiger charge is -2.27. The van der Waals surface area contributed by atoms with Crippen LogP contribution in [0.3, 0.4) is 0 Å². The van der Waals surface area contributed by atoms with E-state index in [-0.39, 0.29) is 6.09 Å².